The molecule has 15 nitrogen and oxygen atoms in total. The Balaban J connectivity index is 1.12. The van der Waals surface area contributed by atoms with Crippen LogP contribution in [0.15, 0.2) is 42.7 Å². The third-order valence-corrected chi connectivity index (χ3v) is 8.93. The van der Waals surface area contributed by atoms with Crippen LogP contribution in [-0.4, -0.2) is 63.0 Å². The van der Waals surface area contributed by atoms with Crippen LogP contribution in [0.2, 0.25) is 0 Å². The predicted molar refractivity (Wildman–Crippen MR) is 139 cm³/mol. The number of nitrogens with one attached hydrogen (secondary N) is 1. The summed E-state index contributed by atoms with van der Waals surface area (Å²) >= 11 is 0. The van der Waals surface area contributed by atoms with E-state index in [-0.39, 0.29) is 35.3 Å². The van der Waals surface area contributed by atoms with Crippen LogP contribution in [0.25, 0.3) is 16.5 Å². The third kappa shape index (κ3) is 5.38. The third-order valence-electron chi connectivity index (χ3n) is 6.39. The predicted octanol–water partition coefficient (Wildman–Crippen LogP) is 1.45. The van der Waals surface area contributed by atoms with E-state index in [9.17, 15) is 32.5 Å². The van der Waals surface area contributed by atoms with Crippen molar-refractivity contribution in [1.82, 2.24) is 24.2 Å². The van der Waals surface area contributed by atoms with Gasteiger partial charge in [0.2, 0.25) is 5.91 Å². The van der Waals surface area contributed by atoms with Crippen molar-refractivity contribution in [3.8, 4) is 0 Å². The molecule has 3 aromatic rings. The molecule has 1 saturated heterocycles. The number of anilines is 1. The lowest BCUT2D eigenvalue weighted by Gasteiger charge is -2.19. The number of carbonyl (C=O) groups excluding carboxylic acids is 3. The van der Waals surface area contributed by atoms with Crippen molar-refractivity contribution in [3.63, 3.8) is 0 Å². The number of nitrogen functional groups attached to an aromatic ring is 1. The minimum atomic E-state index is -4.49. The molecule has 3 unspecified atom stereocenters. The fourth-order valence-electron chi connectivity index (χ4n) is 4.42. The zero-order valence-electron chi connectivity index (χ0n) is 20.6. The lowest BCUT2D eigenvalue weighted by molar-refractivity contribution is -0.119. The first-order valence-corrected chi connectivity index (χ1v) is 14.8. The SMILES string of the molecule is Nc1ncnc2c1ncn2C1CCC(COS(=O)(=O)NC(=O)CCC(=O)c2ccccc2C2=C(O)C(=O)[PH]2=O)O1. The van der Waals surface area contributed by atoms with Crippen molar-refractivity contribution < 1.29 is 41.4 Å². The van der Waals surface area contributed by atoms with Gasteiger partial charge in [0.15, 0.2) is 30.8 Å². The van der Waals surface area contributed by atoms with Gasteiger partial charge in [0.25, 0.3) is 5.52 Å². The summed E-state index contributed by atoms with van der Waals surface area (Å²) in [6.07, 6.45) is 1.85. The Morgan fingerprint density at radius 3 is 2.75 bits per heavy atom. The van der Waals surface area contributed by atoms with Gasteiger partial charge in [-0.05, 0) is 18.4 Å². The molecule has 2 aromatic heterocycles. The van der Waals surface area contributed by atoms with Crippen LogP contribution in [0.4, 0.5) is 5.82 Å². The fraction of sp³-hybridized carbons (Fsp3) is 0.304. The molecule has 2 aliphatic heterocycles. The number of Topliss-reactive ketones (excluding diaryl/α,β-unsaturated/α-hetero) is 1. The van der Waals surface area contributed by atoms with E-state index in [0.29, 0.717) is 24.0 Å². The number of aliphatic hydroxyl groups excluding tert-OH is 1. The van der Waals surface area contributed by atoms with Gasteiger partial charge in [-0.2, -0.15) is 8.42 Å². The molecule has 2 aliphatic rings. The Morgan fingerprint density at radius 1 is 1.20 bits per heavy atom. The number of aliphatic hydroxyl groups is 1. The van der Waals surface area contributed by atoms with Crippen LogP contribution < -0.4 is 10.5 Å². The minimum absolute atomic E-state index is 0.0505. The number of carbonyl (C=O) groups is 3. The molecule has 3 atom stereocenters. The zero-order valence-corrected chi connectivity index (χ0v) is 22.5. The molecule has 1 amide bonds. The molecule has 210 valence electrons. The molecule has 1 aromatic carbocycles. The number of nitrogens with zero attached hydrogens (tertiary/aromatic N) is 4. The van der Waals surface area contributed by atoms with Crippen LogP contribution in [0.1, 0.15) is 47.8 Å². The van der Waals surface area contributed by atoms with Gasteiger partial charge < -0.3 is 20.1 Å². The average Bonchev–Trinajstić information content (AvgIpc) is 3.58. The maximum absolute atomic E-state index is 12.7. The minimum Gasteiger partial charge on any atom is -0.503 e. The number of hydrogen-bond acceptors (Lipinski definition) is 13. The molecular formula is C23H23N6O9PS. The normalized spacial score (nSPS) is 21.0. The lowest BCUT2D eigenvalue weighted by atomic mass is 9.99. The van der Waals surface area contributed by atoms with E-state index >= 15 is 0 Å². The van der Waals surface area contributed by atoms with Gasteiger partial charge in [0.05, 0.1) is 24.4 Å². The summed E-state index contributed by atoms with van der Waals surface area (Å²) in [7, 11) is -7.36. The number of allylic oxidation sites excluding steroid dienone is 1. The highest BCUT2D eigenvalue weighted by atomic mass is 32.2. The molecule has 0 radical (unpaired) electrons. The average molecular weight is 591 g/mol. The van der Waals surface area contributed by atoms with Crippen molar-refractivity contribution in [1.29, 1.82) is 0 Å². The number of fused-ring (bicyclic) bond motifs is 1. The molecular weight excluding hydrogens is 567 g/mol. The van der Waals surface area contributed by atoms with Crippen LogP contribution in [0.3, 0.4) is 0 Å². The van der Waals surface area contributed by atoms with Gasteiger partial charge in [-0.3, -0.25) is 23.1 Å². The summed E-state index contributed by atoms with van der Waals surface area (Å²) in [5.74, 6) is -1.98. The van der Waals surface area contributed by atoms with E-state index in [1.165, 1.54) is 30.9 Å². The number of hydrogen-bond donors (Lipinski definition) is 3. The Hall–Kier alpha value is -3.98. The molecule has 0 bridgehead atoms. The first kappa shape index (κ1) is 27.6. The Bertz CT molecular complexity index is 1700. The number of amides is 1. The monoisotopic (exact) mass is 590 g/mol. The van der Waals surface area contributed by atoms with Crippen molar-refractivity contribution in [3.05, 3.63) is 53.8 Å². The molecule has 4 heterocycles. The van der Waals surface area contributed by atoms with Gasteiger partial charge in [-0.15, -0.1) is 0 Å². The highest BCUT2D eigenvalue weighted by Crippen LogP contribution is 2.54. The number of ketones is 1. The number of benzene rings is 1. The van der Waals surface area contributed by atoms with E-state index in [1.807, 2.05) is 0 Å². The van der Waals surface area contributed by atoms with Crippen molar-refractivity contribution >= 4 is 57.6 Å². The van der Waals surface area contributed by atoms with Crippen LogP contribution in [-0.2, 0) is 33.4 Å². The standard InChI is InChI=1S/C23H23N6O9PS/c24-21-18-22(26-10-25-21)29(11-27-18)17-8-5-12(38-17)9-37-40(35,36)28-16(31)7-6-15(30)13-3-1-2-4-14(13)20-19(32)23(33)39(20)34/h1-4,10-12,17,32,39H,5-9H2,(H,28,31)(H2,24,25,26). The van der Waals surface area contributed by atoms with Crippen LogP contribution >= 0.6 is 7.80 Å². The Morgan fingerprint density at radius 2 is 1.98 bits per heavy atom. The number of imidazole rings is 1. The van der Waals surface area contributed by atoms with E-state index in [2.05, 4.69) is 15.0 Å². The Kier molecular flexibility index (Phi) is 7.51. The van der Waals surface area contributed by atoms with Gasteiger partial charge in [0, 0.05) is 18.4 Å². The zero-order chi connectivity index (χ0) is 28.6. The largest absolute Gasteiger partial charge is 0.503 e. The van der Waals surface area contributed by atoms with Gasteiger partial charge in [-0.1, -0.05) is 24.3 Å². The molecule has 17 heteroatoms. The Labute approximate surface area is 227 Å². The highest BCUT2D eigenvalue weighted by molar-refractivity contribution is 7.85. The molecule has 4 N–H and O–H groups in total. The summed E-state index contributed by atoms with van der Waals surface area (Å²) in [5, 5.41) is 9.68. The maximum Gasteiger partial charge on any atom is 0.362 e. The van der Waals surface area contributed by atoms with E-state index in [0.717, 1.165) is 0 Å². The van der Waals surface area contributed by atoms with E-state index in [4.69, 9.17) is 14.7 Å². The first-order valence-electron chi connectivity index (χ1n) is 12.0. The molecule has 5 rings (SSSR count). The molecule has 0 saturated carbocycles. The van der Waals surface area contributed by atoms with Crippen molar-refractivity contribution in [2.75, 3.05) is 12.3 Å². The van der Waals surface area contributed by atoms with Crippen molar-refractivity contribution in [2.24, 2.45) is 0 Å². The van der Waals surface area contributed by atoms with Crippen LogP contribution in [0.5, 0.6) is 0 Å². The summed E-state index contributed by atoms with van der Waals surface area (Å²) < 4.78 is 50.8. The highest BCUT2D eigenvalue weighted by Gasteiger charge is 2.38. The number of rotatable bonds is 10. The van der Waals surface area contributed by atoms with Crippen LogP contribution in [0, 0.1) is 0 Å². The number of ether oxygens (including phenoxy) is 1. The topological polar surface area (TPSA) is 223 Å². The van der Waals surface area contributed by atoms with Crippen molar-refractivity contribution in [2.45, 2.75) is 38.0 Å². The molecule has 1 fully saturated rings. The van der Waals surface area contributed by atoms with E-state index < -0.39 is 59.8 Å². The summed E-state index contributed by atoms with van der Waals surface area (Å²) in [6.45, 7) is -0.355. The van der Waals surface area contributed by atoms with Gasteiger partial charge in [-0.25, -0.2) is 19.7 Å². The summed E-state index contributed by atoms with van der Waals surface area (Å²) in [5.41, 5.74) is 6.02. The van der Waals surface area contributed by atoms with Gasteiger partial charge in [0.1, 0.15) is 18.1 Å². The second-order valence-corrected chi connectivity index (χ2v) is 11.9. The maximum atomic E-state index is 12.7. The lowest BCUT2D eigenvalue weighted by Crippen LogP contribution is -2.34. The molecule has 0 aliphatic carbocycles. The van der Waals surface area contributed by atoms with E-state index in [1.54, 1.807) is 15.4 Å². The quantitative estimate of drug-likeness (QED) is 0.225. The van der Waals surface area contributed by atoms with Gasteiger partial charge >= 0.3 is 10.3 Å². The smallest absolute Gasteiger partial charge is 0.362 e. The first-order chi connectivity index (χ1) is 19.1. The second-order valence-electron chi connectivity index (χ2n) is 8.99. The second kappa shape index (κ2) is 10.9. The molecule has 40 heavy (non-hydrogen) atoms. The number of aromatic nitrogens is 4. The summed E-state index contributed by atoms with van der Waals surface area (Å²) in [6, 6.07) is 5.90. The fourth-order valence-corrected chi connectivity index (χ4v) is 6.36. The molecule has 0 spiro atoms. The number of nitrogens with two attached hydrogens (primary N) is 1. The summed E-state index contributed by atoms with van der Waals surface area (Å²) in [4.78, 5) is 48.6.